The number of hydrogen-bond donors (Lipinski definition) is 1. The molecule has 78 valence electrons. The van der Waals surface area contributed by atoms with E-state index in [0.717, 1.165) is 0 Å². The molecule has 0 saturated carbocycles. The second kappa shape index (κ2) is 6.58. The van der Waals surface area contributed by atoms with E-state index in [0.29, 0.717) is 12.3 Å². The third-order valence-electron chi connectivity index (χ3n) is 1.53. The number of anilines is 1. The summed E-state index contributed by atoms with van der Waals surface area (Å²) in [4.78, 5) is 11.0. The van der Waals surface area contributed by atoms with Gasteiger partial charge in [0.2, 0.25) is 6.54 Å². The second-order valence-corrected chi connectivity index (χ2v) is 2.61. The highest BCUT2D eigenvalue weighted by atomic mass is 127. The number of nitrogen functional groups attached to an aromatic ring is 1. The van der Waals surface area contributed by atoms with Crippen LogP contribution in [-0.4, -0.2) is 12.6 Å². The number of nitrogens with zero attached hydrogens (tertiary/aromatic N) is 1. The Balaban J connectivity index is 0.00000169. The fourth-order valence-corrected chi connectivity index (χ4v) is 0.930. The summed E-state index contributed by atoms with van der Waals surface area (Å²) in [6.07, 6.45) is 3.48. The molecule has 0 atom stereocenters. The van der Waals surface area contributed by atoms with Crippen LogP contribution in [-0.2, 0) is 16.1 Å². The number of pyridine rings is 1. The van der Waals surface area contributed by atoms with Crippen molar-refractivity contribution in [1.29, 1.82) is 0 Å². The van der Waals surface area contributed by atoms with Crippen LogP contribution in [0.25, 0.3) is 0 Å². The zero-order chi connectivity index (χ0) is 9.68. The number of carbonyl (C=O) groups excluding carboxylic acids is 1. The van der Waals surface area contributed by atoms with Crippen molar-refractivity contribution in [1.82, 2.24) is 0 Å². The van der Waals surface area contributed by atoms with Gasteiger partial charge >= 0.3 is 5.97 Å². The molecule has 0 saturated heterocycles. The van der Waals surface area contributed by atoms with Gasteiger partial charge in [0, 0.05) is 17.8 Å². The van der Waals surface area contributed by atoms with E-state index in [1.165, 1.54) is 0 Å². The largest absolute Gasteiger partial charge is 1.00 e. The van der Waals surface area contributed by atoms with Crippen LogP contribution in [0.1, 0.15) is 6.92 Å². The Labute approximate surface area is 100 Å². The molecule has 0 aliphatic carbocycles. The third-order valence-corrected chi connectivity index (χ3v) is 1.53. The number of hydrogen-bond acceptors (Lipinski definition) is 3. The molecule has 1 aromatic rings. The number of carbonyl (C=O) groups is 1. The first-order chi connectivity index (χ1) is 6.22. The number of halogens is 1. The van der Waals surface area contributed by atoms with E-state index >= 15 is 0 Å². The molecule has 0 aliphatic rings. The summed E-state index contributed by atoms with van der Waals surface area (Å²) in [7, 11) is 0. The summed E-state index contributed by atoms with van der Waals surface area (Å²) < 4.78 is 6.50. The van der Waals surface area contributed by atoms with Gasteiger partial charge in [-0.1, -0.05) is 0 Å². The number of rotatable bonds is 3. The Morgan fingerprint density at radius 1 is 1.50 bits per heavy atom. The first-order valence-corrected chi connectivity index (χ1v) is 4.12. The van der Waals surface area contributed by atoms with Crippen LogP contribution in [0.5, 0.6) is 0 Å². The molecular weight excluding hydrogens is 295 g/mol. The van der Waals surface area contributed by atoms with Crippen molar-refractivity contribution in [2.24, 2.45) is 0 Å². The fourth-order valence-electron chi connectivity index (χ4n) is 0.930. The van der Waals surface area contributed by atoms with E-state index < -0.39 is 0 Å². The average Bonchev–Trinajstić information content (AvgIpc) is 2.09. The zero-order valence-corrected chi connectivity index (χ0v) is 10.1. The molecule has 14 heavy (non-hydrogen) atoms. The van der Waals surface area contributed by atoms with E-state index in [9.17, 15) is 4.79 Å². The normalized spacial score (nSPS) is 8.93. The molecule has 0 aliphatic heterocycles. The van der Waals surface area contributed by atoms with Crippen molar-refractivity contribution in [3.05, 3.63) is 24.5 Å². The second-order valence-electron chi connectivity index (χ2n) is 2.61. The number of esters is 1. The van der Waals surface area contributed by atoms with Gasteiger partial charge in [-0.25, -0.2) is 4.79 Å². The molecule has 0 aromatic carbocycles. The molecule has 0 bridgehead atoms. The highest BCUT2D eigenvalue weighted by Gasteiger charge is 2.08. The highest BCUT2D eigenvalue weighted by molar-refractivity contribution is 5.67. The summed E-state index contributed by atoms with van der Waals surface area (Å²) in [6.45, 7) is 2.42. The van der Waals surface area contributed by atoms with Crippen molar-refractivity contribution < 1.29 is 38.1 Å². The van der Waals surface area contributed by atoms with Crippen LogP contribution >= 0.6 is 0 Å². The van der Waals surface area contributed by atoms with Crippen LogP contribution in [0.4, 0.5) is 5.69 Å². The van der Waals surface area contributed by atoms with Gasteiger partial charge in [-0.15, -0.1) is 0 Å². The van der Waals surface area contributed by atoms with E-state index in [4.69, 9.17) is 10.5 Å². The third kappa shape index (κ3) is 4.40. The molecule has 1 rings (SSSR count). The molecule has 5 heteroatoms. The molecule has 0 spiro atoms. The van der Waals surface area contributed by atoms with Crippen molar-refractivity contribution >= 4 is 11.7 Å². The smallest absolute Gasteiger partial charge is 0.372 e. The lowest BCUT2D eigenvalue weighted by Gasteiger charge is -1.97. The van der Waals surface area contributed by atoms with Gasteiger partial charge in [0.05, 0.1) is 6.61 Å². The van der Waals surface area contributed by atoms with Crippen LogP contribution < -0.4 is 34.3 Å². The maximum atomic E-state index is 11.0. The van der Waals surface area contributed by atoms with Gasteiger partial charge in [-0.2, -0.15) is 4.57 Å². The standard InChI is InChI=1S/C9H12N2O2.HI/c1-2-13-9(12)7-11-5-3-8(10)4-6-11;/h3-6,10H,2,7H2,1H3;1H. The van der Waals surface area contributed by atoms with Crippen molar-refractivity contribution in [3.8, 4) is 0 Å². The van der Waals surface area contributed by atoms with Gasteiger partial charge in [-0.3, -0.25) is 0 Å². The lowest BCUT2D eigenvalue weighted by molar-refractivity contribution is -0.685. The first-order valence-electron chi connectivity index (χ1n) is 4.12. The molecule has 0 radical (unpaired) electrons. The Bertz CT molecular complexity index is 287. The summed E-state index contributed by atoms with van der Waals surface area (Å²) in [5.41, 5.74) is 6.17. The first kappa shape index (κ1) is 13.2. The van der Waals surface area contributed by atoms with Crippen LogP contribution in [0, 0.1) is 0 Å². The Morgan fingerprint density at radius 3 is 2.57 bits per heavy atom. The maximum absolute atomic E-state index is 11.0. The molecule has 1 heterocycles. The van der Waals surface area contributed by atoms with E-state index in [2.05, 4.69) is 0 Å². The minimum absolute atomic E-state index is 0. The molecule has 4 nitrogen and oxygen atoms in total. The van der Waals surface area contributed by atoms with Gasteiger partial charge in [0.25, 0.3) is 0 Å². The van der Waals surface area contributed by atoms with E-state index in [1.54, 1.807) is 36.0 Å². The molecular formula is C9H13IN2O2. The van der Waals surface area contributed by atoms with Gasteiger partial charge in [0.1, 0.15) is 0 Å². The fraction of sp³-hybridized carbons (Fsp3) is 0.333. The topological polar surface area (TPSA) is 56.2 Å². The molecule has 1 aromatic heterocycles. The predicted octanol–water partition coefficient (Wildman–Crippen LogP) is -2.88. The Morgan fingerprint density at radius 2 is 2.07 bits per heavy atom. The lowest BCUT2D eigenvalue weighted by Crippen LogP contribution is -3.00. The van der Waals surface area contributed by atoms with Crippen molar-refractivity contribution in [3.63, 3.8) is 0 Å². The van der Waals surface area contributed by atoms with E-state index in [-0.39, 0.29) is 36.5 Å². The lowest BCUT2D eigenvalue weighted by atomic mass is 10.4. The number of ether oxygens (including phenoxy) is 1. The van der Waals surface area contributed by atoms with Crippen molar-refractivity contribution in [2.75, 3.05) is 12.3 Å². The van der Waals surface area contributed by atoms with Gasteiger partial charge < -0.3 is 34.4 Å². The molecule has 0 amide bonds. The van der Waals surface area contributed by atoms with Crippen molar-refractivity contribution in [2.45, 2.75) is 13.5 Å². The van der Waals surface area contributed by atoms with Crippen LogP contribution in [0.3, 0.4) is 0 Å². The van der Waals surface area contributed by atoms with E-state index in [1.807, 2.05) is 0 Å². The maximum Gasteiger partial charge on any atom is 0.372 e. The van der Waals surface area contributed by atoms with Gasteiger partial charge in [0.15, 0.2) is 12.4 Å². The van der Waals surface area contributed by atoms with Gasteiger partial charge in [-0.05, 0) is 6.92 Å². The average molecular weight is 308 g/mol. The summed E-state index contributed by atoms with van der Waals surface area (Å²) in [6, 6.07) is 3.47. The Kier molecular flexibility index (Phi) is 6.18. The summed E-state index contributed by atoms with van der Waals surface area (Å²) in [5.74, 6) is -0.239. The molecule has 0 unspecified atom stereocenters. The number of nitrogens with two attached hydrogens (primary N) is 1. The predicted molar refractivity (Wildman–Crippen MR) is 47.7 cm³/mol. The summed E-state index contributed by atoms with van der Waals surface area (Å²) >= 11 is 0. The molecule has 0 fully saturated rings. The summed E-state index contributed by atoms with van der Waals surface area (Å²) in [5, 5.41) is 0. The van der Waals surface area contributed by atoms with Crippen LogP contribution in [0.2, 0.25) is 0 Å². The minimum atomic E-state index is -0.239. The SMILES string of the molecule is CCOC(=O)C[n+]1ccc(N)cc1.[I-]. The molecule has 2 N–H and O–H groups in total. The monoisotopic (exact) mass is 308 g/mol. The minimum Gasteiger partial charge on any atom is -1.00 e. The Hall–Kier alpha value is -0.850. The van der Waals surface area contributed by atoms with Crippen LogP contribution in [0.15, 0.2) is 24.5 Å². The quantitative estimate of drug-likeness (QED) is 0.371. The zero-order valence-electron chi connectivity index (χ0n) is 7.94. The highest BCUT2D eigenvalue weighted by Crippen LogP contribution is 1.93. The number of aromatic nitrogens is 1.